The molecular weight excluding hydrogens is 208 g/mol. The van der Waals surface area contributed by atoms with Crippen molar-refractivity contribution in [2.45, 2.75) is 6.04 Å². The number of nitrogens with two attached hydrogens (primary N) is 1. The first kappa shape index (κ1) is 10.3. The second kappa shape index (κ2) is 4.11. The van der Waals surface area contributed by atoms with Gasteiger partial charge in [-0.2, -0.15) is 0 Å². The molecule has 0 aliphatic heterocycles. The average Bonchev–Trinajstić information content (AvgIpc) is 2.28. The molecule has 0 spiro atoms. The SMILES string of the molecule is NC(c1ccncc1)c1cc(=O)[nH]c(=O)[nH]1. The van der Waals surface area contributed by atoms with Crippen molar-refractivity contribution in [3.05, 3.63) is 62.7 Å². The first-order valence-electron chi connectivity index (χ1n) is 4.66. The van der Waals surface area contributed by atoms with Gasteiger partial charge in [-0.1, -0.05) is 0 Å². The largest absolute Gasteiger partial charge is 0.325 e. The molecule has 0 bridgehead atoms. The number of rotatable bonds is 2. The number of hydrogen-bond acceptors (Lipinski definition) is 4. The summed E-state index contributed by atoms with van der Waals surface area (Å²) in [6.07, 6.45) is 3.20. The van der Waals surface area contributed by atoms with Crippen LogP contribution >= 0.6 is 0 Å². The molecule has 16 heavy (non-hydrogen) atoms. The summed E-state index contributed by atoms with van der Waals surface area (Å²) >= 11 is 0. The lowest BCUT2D eigenvalue weighted by Gasteiger charge is -2.10. The molecule has 2 aromatic heterocycles. The Morgan fingerprint density at radius 1 is 1.19 bits per heavy atom. The highest BCUT2D eigenvalue weighted by Gasteiger charge is 2.10. The van der Waals surface area contributed by atoms with Crippen LogP contribution in [0.15, 0.2) is 40.2 Å². The lowest BCUT2D eigenvalue weighted by molar-refractivity contribution is 0.799. The maximum Gasteiger partial charge on any atom is 0.325 e. The fourth-order valence-electron chi connectivity index (χ4n) is 1.41. The molecule has 1 unspecified atom stereocenters. The highest BCUT2D eigenvalue weighted by Crippen LogP contribution is 2.13. The highest BCUT2D eigenvalue weighted by atomic mass is 16.2. The van der Waals surface area contributed by atoms with Gasteiger partial charge in [-0.05, 0) is 17.7 Å². The van der Waals surface area contributed by atoms with Crippen LogP contribution in [-0.4, -0.2) is 15.0 Å². The standard InChI is InChI=1S/C10H10N4O2/c11-9(6-1-3-12-4-2-6)7-5-8(15)14-10(16)13-7/h1-5,9H,11H2,(H2,13,14,15,16). The number of nitrogens with zero attached hydrogens (tertiary/aromatic N) is 1. The van der Waals surface area contributed by atoms with Crippen LogP contribution in [0.4, 0.5) is 0 Å². The minimum absolute atomic E-state index is 0.375. The summed E-state index contributed by atoms with van der Waals surface area (Å²) in [5, 5.41) is 0. The predicted octanol–water partition coefficient (Wildman–Crippen LogP) is -0.494. The molecule has 0 aliphatic carbocycles. The Bertz CT molecular complexity index is 559. The lowest BCUT2D eigenvalue weighted by Crippen LogP contribution is -2.26. The van der Waals surface area contributed by atoms with Crippen molar-refractivity contribution in [2.24, 2.45) is 5.73 Å². The topological polar surface area (TPSA) is 105 Å². The van der Waals surface area contributed by atoms with E-state index in [1.807, 2.05) is 0 Å². The van der Waals surface area contributed by atoms with E-state index in [0.717, 1.165) is 5.56 Å². The Hall–Kier alpha value is -2.21. The zero-order chi connectivity index (χ0) is 11.5. The van der Waals surface area contributed by atoms with Gasteiger partial charge < -0.3 is 10.7 Å². The zero-order valence-corrected chi connectivity index (χ0v) is 8.31. The van der Waals surface area contributed by atoms with Crippen LogP contribution in [0.5, 0.6) is 0 Å². The quantitative estimate of drug-likeness (QED) is 0.632. The average molecular weight is 218 g/mol. The fraction of sp³-hybridized carbons (Fsp3) is 0.100. The van der Waals surface area contributed by atoms with E-state index in [4.69, 9.17) is 5.73 Å². The molecule has 1 atom stereocenters. The zero-order valence-electron chi connectivity index (χ0n) is 8.31. The van der Waals surface area contributed by atoms with E-state index in [0.29, 0.717) is 5.69 Å². The monoisotopic (exact) mass is 218 g/mol. The Labute approximate surface area is 90.2 Å². The molecule has 6 heteroatoms. The van der Waals surface area contributed by atoms with Crippen LogP contribution in [0.3, 0.4) is 0 Å². The minimum atomic E-state index is -0.563. The van der Waals surface area contributed by atoms with Gasteiger partial charge in [0.2, 0.25) is 0 Å². The van der Waals surface area contributed by atoms with Crippen LogP contribution < -0.4 is 17.0 Å². The third-order valence-electron chi connectivity index (χ3n) is 2.18. The van der Waals surface area contributed by atoms with Crippen molar-refractivity contribution >= 4 is 0 Å². The summed E-state index contributed by atoms with van der Waals surface area (Å²) in [5.74, 6) is 0. The Morgan fingerprint density at radius 2 is 1.88 bits per heavy atom. The third-order valence-corrected chi connectivity index (χ3v) is 2.18. The number of hydrogen-bond donors (Lipinski definition) is 3. The van der Waals surface area contributed by atoms with Crippen molar-refractivity contribution in [3.63, 3.8) is 0 Å². The summed E-state index contributed by atoms with van der Waals surface area (Å²) in [7, 11) is 0. The molecule has 0 radical (unpaired) electrons. The fourth-order valence-corrected chi connectivity index (χ4v) is 1.41. The minimum Gasteiger partial charge on any atom is -0.319 e. The van der Waals surface area contributed by atoms with Gasteiger partial charge in [-0.3, -0.25) is 14.8 Å². The second-order valence-electron chi connectivity index (χ2n) is 3.30. The van der Waals surface area contributed by atoms with Gasteiger partial charge in [-0.25, -0.2) is 4.79 Å². The molecule has 0 aliphatic rings. The van der Waals surface area contributed by atoms with Crippen LogP contribution in [0.1, 0.15) is 17.3 Å². The maximum atomic E-state index is 11.1. The molecule has 0 saturated carbocycles. The second-order valence-corrected chi connectivity index (χ2v) is 3.30. The van der Waals surface area contributed by atoms with Gasteiger partial charge >= 0.3 is 5.69 Å². The molecule has 2 heterocycles. The third kappa shape index (κ3) is 2.06. The van der Waals surface area contributed by atoms with Crippen molar-refractivity contribution in [1.29, 1.82) is 0 Å². The summed E-state index contributed by atoms with van der Waals surface area (Å²) in [5.41, 5.74) is 6.02. The Morgan fingerprint density at radius 3 is 2.50 bits per heavy atom. The molecule has 0 aromatic carbocycles. The van der Waals surface area contributed by atoms with Crippen molar-refractivity contribution in [2.75, 3.05) is 0 Å². The molecule has 0 fully saturated rings. The Kier molecular flexibility index (Phi) is 2.65. The maximum absolute atomic E-state index is 11.1. The Balaban J connectivity index is 2.45. The van der Waals surface area contributed by atoms with Crippen LogP contribution in [0.2, 0.25) is 0 Å². The molecule has 6 nitrogen and oxygen atoms in total. The van der Waals surface area contributed by atoms with Gasteiger partial charge in [0.15, 0.2) is 0 Å². The smallest absolute Gasteiger partial charge is 0.319 e. The molecule has 2 aromatic rings. The summed E-state index contributed by atoms with van der Waals surface area (Å²) in [4.78, 5) is 30.6. The van der Waals surface area contributed by atoms with Gasteiger partial charge in [0.25, 0.3) is 5.56 Å². The molecule has 0 saturated heterocycles. The summed E-state index contributed by atoms with van der Waals surface area (Å²) in [6.45, 7) is 0. The molecular formula is C10H10N4O2. The summed E-state index contributed by atoms with van der Waals surface area (Å²) in [6, 6.07) is 4.18. The molecule has 2 rings (SSSR count). The van der Waals surface area contributed by atoms with E-state index in [1.54, 1.807) is 24.5 Å². The number of aromatic amines is 2. The van der Waals surface area contributed by atoms with Gasteiger partial charge in [0.1, 0.15) is 0 Å². The van der Waals surface area contributed by atoms with E-state index < -0.39 is 17.3 Å². The van der Waals surface area contributed by atoms with E-state index >= 15 is 0 Å². The van der Waals surface area contributed by atoms with Crippen molar-refractivity contribution < 1.29 is 0 Å². The van der Waals surface area contributed by atoms with Gasteiger partial charge in [-0.15, -0.1) is 0 Å². The normalized spacial score (nSPS) is 12.3. The number of nitrogens with one attached hydrogen (secondary N) is 2. The molecule has 82 valence electrons. The predicted molar refractivity (Wildman–Crippen MR) is 58.0 cm³/mol. The summed E-state index contributed by atoms with van der Waals surface area (Å²) < 4.78 is 0. The highest BCUT2D eigenvalue weighted by molar-refractivity contribution is 5.23. The van der Waals surface area contributed by atoms with Crippen LogP contribution in [0.25, 0.3) is 0 Å². The van der Waals surface area contributed by atoms with E-state index in [1.165, 1.54) is 6.07 Å². The van der Waals surface area contributed by atoms with Crippen molar-refractivity contribution in [3.8, 4) is 0 Å². The van der Waals surface area contributed by atoms with Gasteiger partial charge in [0.05, 0.1) is 6.04 Å². The van der Waals surface area contributed by atoms with Crippen molar-refractivity contribution in [1.82, 2.24) is 15.0 Å². The van der Waals surface area contributed by atoms with E-state index in [-0.39, 0.29) is 0 Å². The first-order valence-corrected chi connectivity index (χ1v) is 4.66. The van der Waals surface area contributed by atoms with E-state index in [9.17, 15) is 9.59 Å². The number of pyridine rings is 1. The first-order chi connectivity index (χ1) is 7.66. The van der Waals surface area contributed by atoms with E-state index in [2.05, 4.69) is 15.0 Å². The molecule has 4 N–H and O–H groups in total. The van der Waals surface area contributed by atoms with Crippen LogP contribution in [0, 0.1) is 0 Å². The number of H-pyrrole nitrogens is 2. The van der Waals surface area contributed by atoms with Crippen LogP contribution in [-0.2, 0) is 0 Å². The lowest BCUT2D eigenvalue weighted by atomic mass is 10.1. The van der Waals surface area contributed by atoms with Gasteiger partial charge in [0, 0.05) is 24.2 Å². The molecule has 0 amide bonds. The number of aromatic nitrogens is 3.